The summed E-state index contributed by atoms with van der Waals surface area (Å²) >= 11 is 3.43. The second-order valence-electron chi connectivity index (χ2n) is 8.97. The van der Waals surface area contributed by atoms with Gasteiger partial charge in [-0.25, -0.2) is 0 Å². The van der Waals surface area contributed by atoms with E-state index in [9.17, 15) is 9.59 Å². The Bertz CT molecular complexity index is 1350. The highest BCUT2D eigenvalue weighted by Crippen LogP contribution is 2.41. The molecular weight excluding hydrogens is 510 g/mol. The van der Waals surface area contributed by atoms with E-state index in [2.05, 4.69) is 20.9 Å². The van der Waals surface area contributed by atoms with Gasteiger partial charge in [0.05, 0.1) is 0 Å². The van der Waals surface area contributed by atoms with Gasteiger partial charge in [-0.2, -0.15) is 0 Å². The molecule has 2 heterocycles. The van der Waals surface area contributed by atoms with E-state index in [0.29, 0.717) is 12.4 Å². The number of carbonyl (C=O) groups is 2. The summed E-state index contributed by atoms with van der Waals surface area (Å²) in [7, 11) is 0. The van der Waals surface area contributed by atoms with Crippen LogP contribution >= 0.6 is 15.9 Å². The standard InChI is InChI=1S/C28H24BrNO5/c1-28(2)34-26(31)25(27(32)35-28)24(22-15-30-23-6-4-3-5-21(22)23)18-9-13-20(14-10-18)33-16-17-7-11-19(29)12-8-17/h3-15,24-25,30H,16H2,1-2H3/t24-/m1/s1. The molecule has 0 spiro atoms. The van der Waals surface area contributed by atoms with Gasteiger partial charge in [0.25, 0.3) is 5.79 Å². The lowest BCUT2D eigenvalue weighted by atomic mass is 9.80. The molecule has 0 amide bonds. The maximum Gasteiger partial charge on any atom is 0.324 e. The molecule has 1 aromatic heterocycles. The fraction of sp³-hybridized carbons (Fsp3) is 0.214. The molecule has 0 saturated carbocycles. The molecule has 1 atom stereocenters. The topological polar surface area (TPSA) is 77.6 Å². The van der Waals surface area contributed by atoms with Crippen LogP contribution in [-0.4, -0.2) is 22.7 Å². The van der Waals surface area contributed by atoms with Crippen molar-refractivity contribution < 1.29 is 23.8 Å². The van der Waals surface area contributed by atoms with Crippen molar-refractivity contribution in [1.82, 2.24) is 4.98 Å². The molecule has 7 heteroatoms. The highest BCUT2D eigenvalue weighted by Gasteiger charge is 2.48. The van der Waals surface area contributed by atoms with Crippen molar-refractivity contribution >= 4 is 38.8 Å². The summed E-state index contributed by atoms with van der Waals surface area (Å²) in [6.07, 6.45) is 1.84. The Morgan fingerprint density at radius 3 is 2.29 bits per heavy atom. The average Bonchev–Trinajstić information content (AvgIpc) is 3.25. The van der Waals surface area contributed by atoms with E-state index in [1.165, 1.54) is 0 Å². The lowest BCUT2D eigenvalue weighted by Crippen LogP contribution is -2.48. The molecule has 4 aromatic rings. The third-order valence-electron chi connectivity index (χ3n) is 6.05. The molecule has 1 aliphatic heterocycles. The number of carbonyl (C=O) groups excluding carboxylic acids is 2. The fourth-order valence-electron chi connectivity index (χ4n) is 4.42. The van der Waals surface area contributed by atoms with Gasteiger partial charge in [0.2, 0.25) is 0 Å². The second kappa shape index (κ2) is 9.23. The first kappa shape index (κ1) is 23.2. The SMILES string of the molecule is CC1(C)OC(=O)C([C@H](c2ccc(OCc3ccc(Br)cc3)cc2)c2c[nH]c3ccccc23)C(=O)O1. The first-order valence-corrected chi connectivity index (χ1v) is 12.1. The van der Waals surface area contributed by atoms with Crippen LogP contribution in [0.1, 0.15) is 36.5 Å². The van der Waals surface area contributed by atoms with E-state index in [1.54, 1.807) is 13.8 Å². The van der Waals surface area contributed by atoms with Gasteiger partial charge in [-0.3, -0.25) is 9.59 Å². The Balaban J connectivity index is 1.48. The number of aromatic nitrogens is 1. The number of cyclic esters (lactones) is 2. The van der Waals surface area contributed by atoms with Crippen LogP contribution in [0.4, 0.5) is 0 Å². The zero-order valence-electron chi connectivity index (χ0n) is 19.3. The van der Waals surface area contributed by atoms with Gasteiger partial charge in [-0.1, -0.05) is 58.4 Å². The zero-order chi connectivity index (χ0) is 24.6. The van der Waals surface area contributed by atoms with Gasteiger partial charge in [0.1, 0.15) is 12.4 Å². The Kier molecular flexibility index (Phi) is 6.11. The van der Waals surface area contributed by atoms with Crippen molar-refractivity contribution in [2.24, 2.45) is 5.92 Å². The van der Waals surface area contributed by atoms with E-state index >= 15 is 0 Å². The van der Waals surface area contributed by atoms with E-state index in [4.69, 9.17) is 14.2 Å². The zero-order valence-corrected chi connectivity index (χ0v) is 20.9. The average molecular weight is 534 g/mol. The fourth-order valence-corrected chi connectivity index (χ4v) is 4.69. The first-order chi connectivity index (χ1) is 16.8. The van der Waals surface area contributed by atoms with Gasteiger partial charge in [-0.05, 0) is 47.0 Å². The van der Waals surface area contributed by atoms with E-state index in [0.717, 1.165) is 32.1 Å². The number of ether oxygens (including phenoxy) is 3. The number of nitrogens with one attached hydrogen (secondary N) is 1. The molecule has 1 aliphatic rings. The maximum absolute atomic E-state index is 13.1. The van der Waals surface area contributed by atoms with Crippen LogP contribution in [0.5, 0.6) is 5.75 Å². The number of hydrogen-bond donors (Lipinski definition) is 1. The van der Waals surface area contributed by atoms with Crippen LogP contribution in [0, 0.1) is 5.92 Å². The van der Waals surface area contributed by atoms with Gasteiger partial charge in [0.15, 0.2) is 5.92 Å². The molecule has 1 N–H and O–H groups in total. The number of fused-ring (bicyclic) bond motifs is 1. The normalized spacial score (nSPS) is 16.5. The summed E-state index contributed by atoms with van der Waals surface area (Å²) in [6.45, 7) is 3.53. The van der Waals surface area contributed by atoms with E-state index in [1.807, 2.05) is 79.0 Å². The summed E-state index contributed by atoms with van der Waals surface area (Å²) < 4.78 is 17.9. The van der Waals surface area contributed by atoms with Crippen LogP contribution in [0.25, 0.3) is 10.9 Å². The largest absolute Gasteiger partial charge is 0.489 e. The number of halogens is 1. The summed E-state index contributed by atoms with van der Waals surface area (Å²) in [6, 6.07) is 23.2. The van der Waals surface area contributed by atoms with Crippen molar-refractivity contribution in [1.29, 1.82) is 0 Å². The number of hydrogen-bond acceptors (Lipinski definition) is 5. The van der Waals surface area contributed by atoms with E-state index in [-0.39, 0.29) is 0 Å². The number of rotatable bonds is 6. The van der Waals surface area contributed by atoms with Crippen LogP contribution in [0.2, 0.25) is 0 Å². The summed E-state index contributed by atoms with van der Waals surface area (Å²) in [5.74, 6) is -3.53. The third kappa shape index (κ3) is 4.82. The molecule has 0 bridgehead atoms. The van der Waals surface area contributed by atoms with Crippen LogP contribution in [-0.2, 0) is 25.7 Å². The molecule has 178 valence electrons. The minimum absolute atomic E-state index is 0.425. The molecule has 6 nitrogen and oxygen atoms in total. The summed E-state index contributed by atoms with van der Waals surface area (Å²) in [4.78, 5) is 29.4. The predicted molar refractivity (Wildman–Crippen MR) is 135 cm³/mol. The summed E-state index contributed by atoms with van der Waals surface area (Å²) in [5, 5.41) is 0.929. The smallest absolute Gasteiger partial charge is 0.324 e. The van der Waals surface area contributed by atoms with Crippen molar-refractivity contribution in [3.63, 3.8) is 0 Å². The Morgan fingerprint density at radius 2 is 1.60 bits per heavy atom. The Labute approximate surface area is 211 Å². The van der Waals surface area contributed by atoms with Gasteiger partial charge in [0, 0.05) is 41.3 Å². The molecular formula is C28H24BrNO5. The monoisotopic (exact) mass is 533 g/mol. The lowest BCUT2D eigenvalue weighted by molar-refractivity contribution is -0.240. The number of aromatic amines is 1. The van der Waals surface area contributed by atoms with Crippen molar-refractivity contribution in [2.75, 3.05) is 0 Å². The molecule has 1 fully saturated rings. The van der Waals surface area contributed by atoms with Crippen molar-refractivity contribution in [3.8, 4) is 5.75 Å². The molecule has 0 radical (unpaired) electrons. The predicted octanol–water partition coefficient (Wildman–Crippen LogP) is 6.09. The first-order valence-electron chi connectivity index (χ1n) is 11.3. The Hall–Kier alpha value is -3.58. The number of benzene rings is 3. The van der Waals surface area contributed by atoms with Crippen LogP contribution < -0.4 is 4.74 Å². The van der Waals surface area contributed by atoms with Crippen LogP contribution in [0.15, 0.2) is 83.5 Å². The maximum atomic E-state index is 13.1. The highest BCUT2D eigenvalue weighted by atomic mass is 79.9. The molecule has 1 saturated heterocycles. The minimum atomic E-state index is -1.29. The van der Waals surface area contributed by atoms with Crippen molar-refractivity contribution in [3.05, 3.63) is 100 Å². The quantitative estimate of drug-likeness (QED) is 0.239. The number of para-hydroxylation sites is 1. The molecule has 5 rings (SSSR count). The van der Waals surface area contributed by atoms with Crippen molar-refractivity contribution in [2.45, 2.75) is 32.2 Å². The molecule has 35 heavy (non-hydrogen) atoms. The number of esters is 2. The van der Waals surface area contributed by atoms with Gasteiger partial charge >= 0.3 is 11.9 Å². The molecule has 0 unspecified atom stereocenters. The summed E-state index contributed by atoms with van der Waals surface area (Å²) in [5.41, 5.74) is 3.57. The third-order valence-corrected chi connectivity index (χ3v) is 6.58. The lowest BCUT2D eigenvalue weighted by Gasteiger charge is -2.36. The molecule has 3 aromatic carbocycles. The second-order valence-corrected chi connectivity index (χ2v) is 9.89. The highest BCUT2D eigenvalue weighted by molar-refractivity contribution is 9.10. The van der Waals surface area contributed by atoms with E-state index < -0.39 is 29.6 Å². The number of H-pyrrole nitrogens is 1. The Morgan fingerprint density at radius 1 is 0.943 bits per heavy atom. The van der Waals surface area contributed by atoms with Gasteiger partial charge in [-0.15, -0.1) is 0 Å². The van der Waals surface area contributed by atoms with Gasteiger partial charge < -0.3 is 19.2 Å². The minimum Gasteiger partial charge on any atom is -0.489 e. The van der Waals surface area contributed by atoms with Crippen LogP contribution in [0.3, 0.4) is 0 Å². The molecule has 0 aliphatic carbocycles.